The molecule has 0 aliphatic carbocycles. The first-order valence-electron chi connectivity index (χ1n) is 12.8. The summed E-state index contributed by atoms with van der Waals surface area (Å²) in [5.74, 6) is -0.846. The fourth-order valence-electron chi connectivity index (χ4n) is 4.14. The van der Waals surface area contributed by atoms with E-state index in [4.69, 9.17) is 11.6 Å². The van der Waals surface area contributed by atoms with Gasteiger partial charge in [0.25, 0.3) is 0 Å². The average molecular weight is 649 g/mol. The summed E-state index contributed by atoms with van der Waals surface area (Å²) < 4.78 is 27.7. The Morgan fingerprint density at radius 3 is 2.15 bits per heavy atom. The van der Waals surface area contributed by atoms with Crippen molar-refractivity contribution in [3.05, 3.63) is 99.0 Å². The highest BCUT2D eigenvalue weighted by Crippen LogP contribution is 2.26. The van der Waals surface area contributed by atoms with Crippen molar-refractivity contribution in [2.24, 2.45) is 0 Å². The molecule has 0 radical (unpaired) electrons. The molecular formula is C30H35BrClN3O4S. The molecule has 0 aromatic heterocycles. The number of nitrogens with one attached hydrogen (secondary N) is 1. The smallest absolute Gasteiger partial charge is 0.244 e. The number of amides is 2. The molecular weight excluding hydrogens is 614 g/mol. The number of hydrogen-bond acceptors (Lipinski definition) is 4. The summed E-state index contributed by atoms with van der Waals surface area (Å²) in [6, 6.07) is 20.8. The molecule has 0 aliphatic heterocycles. The van der Waals surface area contributed by atoms with Crippen molar-refractivity contribution in [3.8, 4) is 0 Å². The second kappa shape index (κ2) is 13.2. The van der Waals surface area contributed by atoms with Crippen LogP contribution in [0.25, 0.3) is 0 Å². The van der Waals surface area contributed by atoms with Gasteiger partial charge in [-0.15, -0.1) is 0 Å². The third kappa shape index (κ3) is 9.08. The quantitative estimate of drug-likeness (QED) is 0.304. The second-order valence-corrected chi connectivity index (χ2v) is 14.0. The van der Waals surface area contributed by atoms with Gasteiger partial charge in [0.05, 0.1) is 11.9 Å². The minimum absolute atomic E-state index is 0.105. The molecule has 0 heterocycles. The van der Waals surface area contributed by atoms with Crippen LogP contribution < -0.4 is 9.62 Å². The average Bonchev–Trinajstić information content (AvgIpc) is 2.86. The van der Waals surface area contributed by atoms with Gasteiger partial charge in [0.15, 0.2) is 0 Å². The third-order valence-corrected chi connectivity index (χ3v) is 8.23. The van der Waals surface area contributed by atoms with Gasteiger partial charge in [-0.25, -0.2) is 8.42 Å². The summed E-state index contributed by atoms with van der Waals surface area (Å²) in [5.41, 5.74) is 2.17. The van der Waals surface area contributed by atoms with Gasteiger partial charge in [-0.05, 0) is 68.7 Å². The second-order valence-electron chi connectivity index (χ2n) is 10.8. The zero-order chi connectivity index (χ0) is 29.7. The molecule has 2 amide bonds. The predicted molar refractivity (Wildman–Crippen MR) is 165 cm³/mol. The molecule has 0 spiro atoms. The van der Waals surface area contributed by atoms with E-state index in [0.717, 1.165) is 31.7 Å². The van der Waals surface area contributed by atoms with Gasteiger partial charge in [0, 0.05) is 28.0 Å². The monoisotopic (exact) mass is 647 g/mol. The molecule has 40 heavy (non-hydrogen) atoms. The van der Waals surface area contributed by atoms with E-state index in [9.17, 15) is 18.0 Å². The molecule has 10 heteroatoms. The van der Waals surface area contributed by atoms with Crippen LogP contribution in [0.15, 0.2) is 77.3 Å². The molecule has 0 bridgehead atoms. The van der Waals surface area contributed by atoms with E-state index in [-0.39, 0.29) is 24.6 Å². The number of nitrogens with zero attached hydrogens (tertiary/aromatic N) is 2. The van der Waals surface area contributed by atoms with Gasteiger partial charge < -0.3 is 10.2 Å². The first-order chi connectivity index (χ1) is 18.6. The van der Waals surface area contributed by atoms with Gasteiger partial charge >= 0.3 is 0 Å². The van der Waals surface area contributed by atoms with Crippen molar-refractivity contribution in [3.63, 3.8) is 0 Å². The summed E-state index contributed by atoms with van der Waals surface area (Å²) in [5, 5.41) is 3.39. The standard InChI is InChI=1S/C30H35BrClN3O4S/c1-21-11-16-25(18-26(21)32)35(40(5,38)39)20-28(36)34(19-23-12-14-24(31)15-13-23)27(29(37)33-30(2,3)4)17-22-9-7-6-8-10-22/h6-16,18,27H,17,19-20H2,1-5H3,(H,33,37). The number of benzene rings is 3. The van der Waals surface area contributed by atoms with Crippen molar-refractivity contribution in [2.75, 3.05) is 17.1 Å². The summed E-state index contributed by atoms with van der Waals surface area (Å²) in [6.45, 7) is 7.04. The van der Waals surface area contributed by atoms with Gasteiger partial charge in [-0.3, -0.25) is 13.9 Å². The highest BCUT2D eigenvalue weighted by atomic mass is 79.9. The Kier molecular flexibility index (Phi) is 10.4. The fraction of sp³-hybridized carbons (Fsp3) is 0.333. The molecule has 0 saturated carbocycles. The van der Waals surface area contributed by atoms with Crippen molar-refractivity contribution < 1.29 is 18.0 Å². The Bertz CT molecular complexity index is 1440. The maximum Gasteiger partial charge on any atom is 0.244 e. The number of carbonyl (C=O) groups excluding carboxylic acids is 2. The topological polar surface area (TPSA) is 86.8 Å². The van der Waals surface area contributed by atoms with Crippen molar-refractivity contribution in [1.82, 2.24) is 10.2 Å². The molecule has 3 aromatic rings. The van der Waals surface area contributed by atoms with E-state index in [1.54, 1.807) is 12.1 Å². The zero-order valence-electron chi connectivity index (χ0n) is 23.3. The summed E-state index contributed by atoms with van der Waals surface area (Å²) >= 11 is 9.73. The predicted octanol–water partition coefficient (Wildman–Crippen LogP) is 5.73. The summed E-state index contributed by atoms with van der Waals surface area (Å²) in [4.78, 5) is 29.3. The highest BCUT2D eigenvalue weighted by molar-refractivity contribution is 9.10. The molecule has 0 fully saturated rings. The zero-order valence-corrected chi connectivity index (χ0v) is 26.5. The van der Waals surface area contributed by atoms with E-state index >= 15 is 0 Å². The molecule has 1 unspecified atom stereocenters. The van der Waals surface area contributed by atoms with Gasteiger partial charge in [-0.2, -0.15) is 0 Å². The number of sulfonamides is 1. The Hall–Kier alpha value is -2.88. The maximum absolute atomic E-state index is 14.1. The normalized spacial score (nSPS) is 12.5. The van der Waals surface area contributed by atoms with E-state index < -0.39 is 34.1 Å². The number of anilines is 1. The molecule has 3 rings (SSSR count). The molecule has 0 aliphatic rings. The van der Waals surface area contributed by atoms with E-state index in [1.165, 1.54) is 11.0 Å². The van der Waals surface area contributed by atoms with Crippen molar-refractivity contribution in [1.29, 1.82) is 0 Å². The van der Waals surface area contributed by atoms with Gasteiger partial charge in [0.1, 0.15) is 12.6 Å². The SMILES string of the molecule is Cc1ccc(N(CC(=O)N(Cc2ccc(Br)cc2)C(Cc2ccccc2)C(=O)NC(C)(C)C)S(C)(=O)=O)cc1Cl. The highest BCUT2D eigenvalue weighted by Gasteiger charge is 2.34. The van der Waals surface area contributed by atoms with Crippen molar-refractivity contribution >= 4 is 55.1 Å². The van der Waals surface area contributed by atoms with Crippen LogP contribution in [-0.4, -0.2) is 49.5 Å². The van der Waals surface area contributed by atoms with Gasteiger partial charge in [0.2, 0.25) is 21.8 Å². The lowest BCUT2D eigenvalue weighted by atomic mass is 10.0. The van der Waals surface area contributed by atoms with E-state index in [1.807, 2.05) is 82.3 Å². The largest absolute Gasteiger partial charge is 0.350 e. The van der Waals surface area contributed by atoms with Crippen LogP contribution in [-0.2, 0) is 32.6 Å². The number of hydrogen-bond donors (Lipinski definition) is 1. The van der Waals surface area contributed by atoms with Crippen LogP contribution in [0, 0.1) is 6.92 Å². The fourth-order valence-corrected chi connectivity index (χ4v) is 5.42. The molecule has 1 atom stereocenters. The number of halogens is 2. The lowest BCUT2D eigenvalue weighted by molar-refractivity contribution is -0.140. The third-order valence-electron chi connectivity index (χ3n) is 6.16. The Labute approximate surface area is 250 Å². The lowest BCUT2D eigenvalue weighted by Gasteiger charge is -2.35. The first kappa shape index (κ1) is 31.6. The first-order valence-corrected chi connectivity index (χ1v) is 15.8. The lowest BCUT2D eigenvalue weighted by Crippen LogP contribution is -2.56. The van der Waals surface area contributed by atoms with E-state index in [0.29, 0.717) is 5.02 Å². The number of rotatable bonds is 10. The molecule has 0 saturated heterocycles. The van der Waals surface area contributed by atoms with Gasteiger partial charge in [-0.1, -0.05) is 76.1 Å². The van der Waals surface area contributed by atoms with Crippen LogP contribution in [0.5, 0.6) is 0 Å². The van der Waals surface area contributed by atoms with Crippen LogP contribution in [0.4, 0.5) is 5.69 Å². The van der Waals surface area contributed by atoms with Crippen LogP contribution in [0.2, 0.25) is 5.02 Å². The number of carbonyl (C=O) groups is 2. The van der Waals surface area contributed by atoms with Crippen LogP contribution in [0.1, 0.15) is 37.5 Å². The molecule has 7 nitrogen and oxygen atoms in total. The number of aryl methyl sites for hydroxylation is 1. The summed E-state index contributed by atoms with van der Waals surface area (Å²) in [6.07, 6.45) is 1.29. The molecule has 1 N–H and O–H groups in total. The van der Waals surface area contributed by atoms with Crippen LogP contribution in [0.3, 0.4) is 0 Å². The Balaban J connectivity index is 2.08. The minimum atomic E-state index is -3.87. The minimum Gasteiger partial charge on any atom is -0.350 e. The summed E-state index contributed by atoms with van der Waals surface area (Å²) in [7, 11) is -3.87. The molecule has 3 aromatic carbocycles. The Morgan fingerprint density at radius 1 is 0.975 bits per heavy atom. The van der Waals surface area contributed by atoms with Crippen molar-refractivity contribution in [2.45, 2.75) is 52.2 Å². The maximum atomic E-state index is 14.1. The Morgan fingerprint density at radius 2 is 1.60 bits per heavy atom. The van der Waals surface area contributed by atoms with Crippen LogP contribution >= 0.6 is 27.5 Å². The molecule has 214 valence electrons. The van der Waals surface area contributed by atoms with E-state index in [2.05, 4.69) is 21.2 Å².